The van der Waals surface area contributed by atoms with E-state index in [1.165, 1.54) is 11.1 Å². The standard InChI is InChI=1S/C16H25NO3/c1-12(2)10-17(11-16(18)19)5-6-20-15-8-13(3)7-14(4)9-15/h7-9,12H,5-6,10-11H2,1-4H3,(H,18,19). The first-order chi connectivity index (χ1) is 9.36. The van der Waals surface area contributed by atoms with Crippen LogP contribution in [0.25, 0.3) is 0 Å². The van der Waals surface area contributed by atoms with E-state index in [-0.39, 0.29) is 6.54 Å². The van der Waals surface area contributed by atoms with Gasteiger partial charge >= 0.3 is 5.97 Å². The second kappa shape index (κ2) is 7.90. The molecule has 0 aromatic heterocycles. The number of hydrogen-bond acceptors (Lipinski definition) is 3. The van der Waals surface area contributed by atoms with Gasteiger partial charge in [-0.05, 0) is 43.0 Å². The number of rotatable bonds is 8. The normalized spacial score (nSPS) is 11.1. The number of aryl methyl sites for hydroxylation is 2. The van der Waals surface area contributed by atoms with Crippen molar-refractivity contribution in [1.29, 1.82) is 0 Å². The molecule has 0 aliphatic carbocycles. The Morgan fingerprint density at radius 3 is 2.35 bits per heavy atom. The van der Waals surface area contributed by atoms with Gasteiger partial charge in [-0.3, -0.25) is 9.69 Å². The molecule has 0 bridgehead atoms. The summed E-state index contributed by atoms with van der Waals surface area (Å²) in [6.45, 7) is 10.2. The summed E-state index contributed by atoms with van der Waals surface area (Å²) in [5, 5.41) is 8.90. The van der Waals surface area contributed by atoms with Crippen LogP contribution < -0.4 is 4.74 Å². The molecule has 0 amide bonds. The molecule has 0 aliphatic rings. The summed E-state index contributed by atoms with van der Waals surface area (Å²) in [5.41, 5.74) is 2.34. The minimum Gasteiger partial charge on any atom is -0.492 e. The molecule has 0 radical (unpaired) electrons. The summed E-state index contributed by atoms with van der Waals surface area (Å²) >= 11 is 0. The van der Waals surface area contributed by atoms with Crippen molar-refractivity contribution in [1.82, 2.24) is 4.90 Å². The molecule has 112 valence electrons. The molecule has 1 N–H and O–H groups in total. The fourth-order valence-corrected chi connectivity index (χ4v) is 2.25. The van der Waals surface area contributed by atoms with Gasteiger partial charge in [-0.2, -0.15) is 0 Å². The first-order valence-electron chi connectivity index (χ1n) is 7.02. The predicted octanol–water partition coefficient (Wildman–Crippen LogP) is 2.72. The molecule has 4 nitrogen and oxygen atoms in total. The molecule has 20 heavy (non-hydrogen) atoms. The highest BCUT2D eigenvalue weighted by molar-refractivity contribution is 5.69. The van der Waals surface area contributed by atoms with Crippen LogP contribution in [0.5, 0.6) is 5.75 Å². The molecule has 1 rings (SSSR count). The van der Waals surface area contributed by atoms with Crippen molar-refractivity contribution in [3.63, 3.8) is 0 Å². The number of carboxylic acids is 1. The van der Waals surface area contributed by atoms with Crippen molar-refractivity contribution in [2.75, 3.05) is 26.2 Å². The van der Waals surface area contributed by atoms with Crippen LogP contribution in [0, 0.1) is 19.8 Å². The smallest absolute Gasteiger partial charge is 0.317 e. The van der Waals surface area contributed by atoms with Crippen LogP contribution in [0.2, 0.25) is 0 Å². The van der Waals surface area contributed by atoms with E-state index in [9.17, 15) is 4.79 Å². The molecule has 1 aromatic rings. The largest absolute Gasteiger partial charge is 0.492 e. The van der Waals surface area contributed by atoms with Crippen molar-refractivity contribution >= 4 is 5.97 Å². The zero-order valence-electron chi connectivity index (χ0n) is 12.8. The molecule has 0 atom stereocenters. The third kappa shape index (κ3) is 6.57. The Labute approximate surface area is 121 Å². The van der Waals surface area contributed by atoms with Crippen molar-refractivity contribution in [3.8, 4) is 5.75 Å². The quantitative estimate of drug-likeness (QED) is 0.795. The summed E-state index contributed by atoms with van der Waals surface area (Å²) in [6.07, 6.45) is 0. The summed E-state index contributed by atoms with van der Waals surface area (Å²) in [7, 11) is 0. The molecule has 0 saturated carbocycles. The Balaban J connectivity index is 2.48. The number of aliphatic carboxylic acids is 1. The Morgan fingerprint density at radius 2 is 1.85 bits per heavy atom. The first-order valence-corrected chi connectivity index (χ1v) is 7.02. The minimum absolute atomic E-state index is 0.0639. The van der Waals surface area contributed by atoms with Crippen LogP contribution in [0.3, 0.4) is 0 Å². The Morgan fingerprint density at radius 1 is 1.25 bits per heavy atom. The zero-order chi connectivity index (χ0) is 15.1. The van der Waals surface area contributed by atoms with Crippen molar-refractivity contribution in [2.45, 2.75) is 27.7 Å². The first kappa shape index (κ1) is 16.5. The van der Waals surface area contributed by atoms with E-state index >= 15 is 0 Å². The van der Waals surface area contributed by atoms with Gasteiger partial charge in [0.2, 0.25) is 0 Å². The number of hydrogen-bond donors (Lipinski definition) is 1. The average molecular weight is 279 g/mol. The lowest BCUT2D eigenvalue weighted by Gasteiger charge is -2.22. The average Bonchev–Trinajstić information content (AvgIpc) is 2.25. The molecule has 0 fully saturated rings. The number of carboxylic acid groups (broad SMARTS) is 1. The Hall–Kier alpha value is -1.55. The van der Waals surface area contributed by atoms with Gasteiger partial charge in [0.25, 0.3) is 0 Å². The molecule has 0 spiro atoms. The molecular formula is C16H25NO3. The maximum absolute atomic E-state index is 10.8. The van der Waals surface area contributed by atoms with Gasteiger partial charge in [-0.1, -0.05) is 19.9 Å². The van der Waals surface area contributed by atoms with Gasteiger partial charge in [0, 0.05) is 13.1 Å². The summed E-state index contributed by atoms with van der Waals surface area (Å²) < 4.78 is 5.73. The SMILES string of the molecule is Cc1cc(C)cc(OCCN(CC(=O)O)CC(C)C)c1. The second-order valence-corrected chi connectivity index (χ2v) is 5.69. The number of nitrogens with zero attached hydrogens (tertiary/aromatic N) is 1. The van der Waals surface area contributed by atoms with E-state index in [2.05, 4.69) is 19.9 Å². The molecule has 0 aliphatic heterocycles. The van der Waals surface area contributed by atoms with E-state index in [0.717, 1.165) is 12.3 Å². The zero-order valence-corrected chi connectivity index (χ0v) is 12.8. The number of ether oxygens (including phenoxy) is 1. The van der Waals surface area contributed by atoms with E-state index < -0.39 is 5.97 Å². The van der Waals surface area contributed by atoms with Gasteiger partial charge in [0.15, 0.2) is 0 Å². The maximum Gasteiger partial charge on any atom is 0.317 e. The van der Waals surface area contributed by atoms with Gasteiger partial charge in [0.05, 0.1) is 6.54 Å². The molecule has 0 unspecified atom stereocenters. The second-order valence-electron chi connectivity index (χ2n) is 5.69. The molecular weight excluding hydrogens is 254 g/mol. The highest BCUT2D eigenvalue weighted by Gasteiger charge is 2.11. The maximum atomic E-state index is 10.8. The van der Waals surface area contributed by atoms with Crippen LogP contribution in [-0.2, 0) is 4.79 Å². The van der Waals surface area contributed by atoms with Gasteiger partial charge in [-0.15, -0.1) is 0 Å². The summed E-state index contributed by atoms with van der Waals surface area (Å²) in [6, 6.07) is 6.09. The molecule has 4 heteroatoms. The molecule has 0 saturated heterocycles. The molecule has 0 heterocycles. The third-order valence-corrected chi connectivity index (χ3v) is 2.85. The Bertz CT molecular complexity index is 423. The fraction of sp³-hybridized carbons (Fsp3) is 0.562. The predicted molar refractivity (Wildman–Crippen MR) is 80.3 cm³/mol. The highest BCUT2D eigenvalue weighted by atomic mass is 16.5. The summed E-state index contributed by atoms with van der Waals surface area (Å²) in [5.74, 6) is 0.495. The van der Waals surface area contributed by atoms with Crippen molar-refractivity contribution in [3.05, 3.63) is 29.3 Å². The minimum atomic E-state index is -0.794. The summed E-state index contributed by atoms with van der Waals surface area (Å²) in [4.78, 5) is 12.7. The Kier molecular flexibility index (Phi) is 6.52. The molecule has 1 aromatic carbocycles. The van der Waals surface area contributed by atoms with Crippen LogP contribution in [0.15, 0.2) is 18.2 Å². The van der Waals surface area contributed by atoms with Crippen molar-refractivity contribution in [2.24, 2.45) is 5.92 Å². The van der Waals surface area contributed by atoms with Gasteiger partial charge < -0.3 is 9.84 Å². The van der Waals surface area contributed by atoms with Crippen LogP contribution >= 0.6 is 0 Å². The van der Waals surface area contributed by atoms with Crippen LogP contribution in [0.1, 0.15) is 25.0 Å². The fourth-order valence-electron chi connectivity index (χ4n) is 2.25. The van der Waals surface area contributed by atoms with E-state index in [1.807, 2.05) is 30.9 Å². The van der Waals surface area contributed by atoms with E-state index in [1.54, 1.807) is 0 Å². The highest BCUT2D eigenvalue weighted by Crippen LogP contribution is 2.16. The third-order valence-electron chi connectivity index (χ3n) is 2.85. The van der Waals surface area contributed by atoms with E-state index in [4.69, 9.17) is 9.84 Å². The van der Waals surface area contributed by atoms with Crippen LogP contribution in [-0.4, -0.2) is 42.2 Å². The lowest BCUT2D eigenvalue weighted by molar-refractivity contribution is -0.138. The lowest BCUT2D eigenvalue weighted by atomic mass is 10.1. The number of carbonyl (C=O) groups is 1. The monoisotopic (exact) mass is 279 g/mol. The topological polar surface area (TPSA) is 49.8 Å². The van der Waals surface area contributed by atoms with Crippen molar-refractivity contribution < 1.29 is 14.6 Å². The van der Waals surface area contributed by atoms with E-state index in [0.29, 0.717) is 19.1 Å². The van der Waals surface area contributed by atoms with Gasteiger partial charge in [0.1, 0.15) is 12.4 Å². The number of benzene rings is 1. The lowest BCUT2D eigenvalue weighted by Crippen LogP contribution is -2.36. The van der Waals surface area contributed by atoms with Gasteiger partial charge in [-0.25, -0.2) is 0 Å². The van der Waals surface area contributed by atoms with Crippen LogP contribution in [0.4, 0.5) is 0 Å².